The highest BCUT2D eigenvalue weighted by Crippen LogP contribution is 2.36. The van der Waals surface area contributed by atoms with Crippen LogP contribution < -0.4 is 5.32 Å². The SMILES string of the molecule is Oc1ccc(CNc2ccc(Cl)c(C(F)(F)F)c2)cc1Br. The molecule has 0 saturated carbocycles. The van der Waals surface area contributed by atoms with Gasteiger partial charge in [0.15, 0.2) is 0 Å². The van der Waals surface area contributed by atoms with Gasteiger partial charge in [0, 0.05) is 12.2 Å². The van der Waals surface area contributed by atoms with Crippen molar-refractivity contribution in [2.75, 3.05) is 5.32 Å². The minimum absolute atomic E-state index is 0.101. The Morgan fingerprint density at radius 2 is 1.86 bits per heavy atom. The van der Waals surface area contributed by atoms with Crippen LogP contribution in [0.5, 0.6) is 5.75 Å². The number of aromatic hydroxyl groups is 1. The molecule has 2 aromatic carbocycles. The standard InChI is InChI=1S/C14H10BrClF3NO/c15-11-5-8(1-4-13(11)21)7-20-9-2-3-12(16)10(6-9)14(17,18)19/h1-6,20-21H,7H2. The van der Waals surface area contributed by atoms with Crippen molar-refractivity contribution in [1.29, 1.82) is 0 Å². The lowest BCUT2D eigenvalue weighted by atomic mass is 10.1. The molecule has 0 aliphatic heterocycles. The molecule has 7 heteroatoms. The van der Waals surface area contributed by atoms with E-state index in [1.54, 1.807) is 12.1 Å². The molecule has 0 fully saturated rings. The second-order valence-electron chi connectivity index (χ2n) is 4.33. The Kier molecular flexibility index (Phi) is 4.68. The predicted octanol–water partition coefficient (Wildman–Crippen LogP) is 5.44. The Bertz CT molecular complexity index is 661. The molecule has 0 saturated heterocycles. The highest BCUT2D eigenvalue weighted by atomic mass is 79.9. The van der Waals surface area contributed by atoms with Gasteiger partial charge in [-0.05, 0) is 51.8 Å². The fraction of sp³-hybridized carbons (Fsp3) is 0.143. The lowest BCUT2D eigenvalue weighted by Gasteiger charge is -2.12. The number of hydrogen-bond acceptors (Lipinski definition) is 2. The minimum atomic E-state index is -4.49. The zero-order chi connectivity index (χ0) is 15.6. The monoisotopic (exact) mass is 379 g/mol. The fourth-order valence-corrected chi connectivity index (χ4v) is 2.37. The third-order valence-electron chi connectivity index (χ3n) is 2.78. The van der Waals surface area contributed by atoms with Gasteiger partial charge < -0.3 is 10.4 Å². The third kappa shape index (κ3) is 4.04. The van der Waals surface area contributed by atoms with Gasteiger partial charge in [-0.3, -0.25) is 0 Å². The highest BCUT2D eigenvalue weighted by molar-refractivity contribution is 9.10. The molecule has 2 rings (SSSR count). The molecule has 0 amide bonds. The maximum absolute atomic E-state index is 12.7. The van der Waals surface area contributed by atoms with Crippen LogP contribution >= 0.6 is 27.5 Å². The first-order chi connectivity index (χ1) is 9.77. The molecule has 0 unspecified atom stereocenters. The van der Waals surface area contributed by atoms with Crippen molar-refractivity contribution < 1.29 is 18.3 Å². The topological polar surface area (TPSA) is 32.3 Å². The van der Waals surface area contributed by atoms with Crippen LogP contribution in [0, 0.1) is 0 Å². The molecule has 0 atom stereocenters. The summed E-state index contributed by atoms with van der Waals surface area (Å²) >= 11 is 8.73. The van der Waals surface area contributed by atoms with E-state index in [9.17, 15) is 18.3 Å². The van der Waals surface area contributed by atoms with Crippen LogP contribution in [0.1, 0.15) is 11.1 Å². The first kappa shape index (κ1) is 16.0. The van der Waals surface area contributed by atoms with Crippen LogP contribution in [0.3, 0.4) is 0 Å². The van der Waals surface area contributed by atoms with Gasteiger partial charge in [-0.25, -0.2) is 0 Å². The average Bonchev–Trinajstić information content (AvgIpc) is 2.40. The maximum Gasteiger partial charge on any atom is 0.417 e. The zero-order valence-electron chi connectivity index (χ0n) is 10.5. The molecule has 2 aromatic rings. The fourth-order valence-electron chi connectivity index (χ4n) is 1.72. The molecule has 112 valence electrons. The number of halogens is 5. The van der Waals surface area contributed by atoms with Crippen molar-refractivity contribution in [3.05, 3.63) is 57.0 Å². The van der Waals surface area contributed by atoms with Gasteiger partial charge >= 0.3 is 6.18 Å². The van der Waals surface area contributed by atoms with E-state index < -0.39 is 11.7 Å². The Labute approximate surface area is 132 Å². The van der Waals surface area contributed by atoms with Gasteiger partial charge in [0.2, 0.25) is 0 Å². The second kappa shape index (κ2) is 6.15. The summed E-state index contributed by atoms with van der Waals surface area (Å²) in [5.74, 6) is 0.101. The molecule has 2 N–H and O–H groups in total. The van der Waals surface area contributed by atoms with E-state index in [1.165, 1.54) is 18.2 Å². The summed E-state index contributed by atoms with van der Waals surface area (Å²) in [6.45, 7) is 0.317. The quantitative estimate of drug-likeness (QED) is 0.743. The molecule has 0 bridgehead atoms. The van der Waals surface area contributed by atoms with Crippen molar-refractivity contribution in [3.63, 3.8) is 0 Å². The van der Waals surface area contributed by atoms with Crippen molar-refractivity contribution in [2.24, 2.45) is 0 Å². The molecule has 0 aliphatic rings. The van der Waals surface area contributed by atoms with Gasteiger partial charge in [-0.2, -0.15) is 13.2 Å². The van der Waals surface area contributed by atoms with Crippen LogP contribution in [-0.2, 0) is 12.7 Å². The average molecular weight is 381 g/mol. The highest BCUT2D eigenvalue weighted by Gasteiger charge is 2.33. The zero-order valence-corrected chi connectivity index (χ0v) is 12.9. The Hall–Kier alpha value is -1.40. The summed E-state index contributed by atoms with van der Waals surface area (Å²) in [5.41, 5.74) is 0.250. The van der Waals surface area contributed by atoms with Crippen molar-refractivity contribution in [2.45, 2.75) is 12.7 Å². The van der Waals surface area contributed by atoms with Gasteiger partial charge in [0.1, 0.15) is 5.75 Å². The van der Waals surface area contributed by atoms with Gasteiger partial charge in [-0.1, -0.05) is 17.7 Å². The van der Waals surface area contributed by atoms with Gasteiger partial charge in [-0.15, -0.1) is 0 Å². The van der Waals surface area contributed by atoms with E-state index >= 15 is 0 Å². The molecule has 0 aliphatic carbocycles. The van der Waals surface area contributed by atoms with E-state index in [0.29, 0.717) is 16.7 Å². The molecular weight excluding hydrogens is 371 g/mol. The summed E-state index contributed by atoms with van der Waals surface area (Å²) in [6.07, 6.45) is -4.49. The number of phenols is 1. The molecule has 0 radical (unpaired) electrons. The number of rotatable bonds is 3. The molecule has 0 spiro atoms. The predicted molar refractivity (Wildman–Crippen MR) is 79.6 cm³/mol. The second-order valence-corrected chi connectivity index (χ2v) is 5.59. The molecule has 0 heterocycles. The van der Waals surface area contributed by atoms with E-state index in [1.807, 2.05) is 0 Å². The van der Waals surface area contributed by atoms with E-state index in [-0.39, 0.29) is 10.8 Å². The number of nitrogens with one attached hydrogen (secondary N) is 1. The van der Waals surface area contributed by atoms with E-state index in [4.69, 9.17) is 11.6 Å². The van der Waals surface area contributed by atoms with Crippen molar-refractivity contribution in [3.8, 4) is 5.75 Å². The van der Waals surface area contributed by atoms with Crippen LogP contribution in [-0.4, -0.2) is 5.11 Å². The Morgan fingerprint density at radius 3 is 2.48 bits per heavy atom. The number of alkyl halides is 3. The maximum atomic E-state index is 12.7. The summed E-state index contributed by atoms with van der Waals surface area (Å²) in [6, 6.07) is 8.52. The van der Waals surface area contributed by atoms with Crippen LogP contribution in [0.15, 0.2) is 40.9 Å². The molecular formula is C14H10BrClF3NO. The van der Waals surface area contributed by atoms with E-state index in [2.05, 4.69) is 21.2 Å². The summed E-state index contributed by atoms with van der Waals surface area (Å²) < 4.78 is 38.8. The molecule has 2 nitrogen and oxygen atoms in total. The first-order valence-electron chi connectivity index (χ1n) is 5.85. The summed E-state index contributed by atoms with van der Waals surface area (Å²) in [4.78, 5) is 0. The van der Waals surface area contributed by atoms with Crippen molar-refractivity contribution >= 4 is 33.2 Å². The number of hydrogen-bond donors (Lipinski definition) is 2. The first-order valence-corrected chi connectivity index (χ1v) is 7.02. The number of phenolic OH excluding ortho intramolecular Hbond substituents is 1. The smallest absolute Gasteiger partial charge is 0.417 e. The third-order valence-corrected chi connectivity index (χ3v) is 3.75. The van der Waals surface area contributed by atoms with E-state index in [0.717, 1.165) is 11.6 Å². The Balaban J connectivity index is 2.15. The minimum Gasteiger partial charge on any atom is -0.507 e. The molecule has 0 aromatic heterocycles. The van der Waals surface area contributed by atoms with Crippen LogP contribution in [0.4, 0.5) is 18.9 Å². The number of anilines is 1. The lowest BCUT2D eigenvalue weighted by Crippen LogP contribution is -2.07. The lowest BCUT2D eigenvalue weighted by molar-refractivity contribution is -0.137. The largest absolute Gasteiger partial charge is 0.507 e. The summed E-state index contributed by atoms with van der Waals surface area (Å²) in [5, 5.41) is 11.9. The van der Waals surface area contributed by atoms with Crippen LogP contribution in [0.2, 0.25) is 5.02 Å². The molecule has 21 heavy (non-hydrogen) atoms. The Morgan fingerprint density at radius 1 is 1.14 bits per heavy atom. The summed E-state index contributed by atoms with van der Waals surface area (Å²) in [7, 11) is 0. The van der Waals surface area contributed by atoms with Crippen LogP contribution in [0.25, 0.3) is 0 Å². The normalized spacial score (nSPS) is 11.5. The van der Waals surface area contributed by atoms with Crippen molar-refractivity contribution in [1.82, 2.24) is 0 Å². The van der Waals surface area contributed by atoms with Gasteiger partial charge in [0.25, 0.3) is 0 Å². The van der Waals surface area contributed by atoms with Gasteiger partial charge in [0.05, 0.1) is 15.1 Å². The number of benzene rings is 2.